The van der Waals surface area contributed by atoms with Gasteiger partial charge < -0.3 is 61.3 Å². The molecule has 56 heavy (non-hydrogen) atoms. The van der Waals surface area contributed by atoms with Gasteiger partial charge in [-0.15, -0.1) is 0 Å². The third kappa shape index (κ3) is 5.14. The van der Waals surface area contributed by atoms with Crippen molar-refractivity contribution in [2.45, 2.75) is 25.7 Å². The fourth-order valence-electron chi connectivity index (χ4n) is 8.04. The van der Waals surface area contributed by atoms with Gasteiger partial charge in [0.25, 0.3) is 0 Å². The number of benzene rings is 8. The van der Waals surface area contributed by atoms with Crippen molar-refractivity contribution in [3.8, 4) is 69.0 Å². The summed E-state index contributed by atoms with van der Waals surface area (Å²) in [6, 6.07) is 15.9. The summed E-state index contributed by atoms with van der Waals surface area (Å²) in [4.78, 5) is 0. The first-order valence-electron chi connectivity index (χ1n) is 17.4. The second-order valence-electron chi connectivity index (χ2n) is 14.4. The fraction of sp³-hybridized carbons (Fsp3) is 0.0909. The molecule has 12 aliphatic rings. The zero-order valence-corrected chi connectivity index (χ0v) is 29.1. The highest BCUT2D eigenvalue weighted by Crippen LogP contribution is 2.48. The average Bonchev–Trinajstić information content (AvgIpc) is 3.15. The van der Waals surface area contributed by atoms with Crippen LogP contribution in [0.3, 0.4) is 0 Å². The molecular weight excluding hydrogens is 720 g/mol. The van der Waals surface area contributed by atoms with Gasteiger partial charge in [-0.2, -0.15) is 0 Å². The highest BCUT2D eigenvalue weighted by Gasteiger charge is 2.23. The van der Waals surface area contributed by atoms with E-state index in [-0.39, 0.29) is 182 Å². The van der Waals surface area contributed by atoms with E-state index in [9.17, 15) is 61.3 Å². The molecule has 0 saturated heterocycles. The Morgan fingerprint density at radius 3 is 0.625 bits per heavy atom. The summed E-state index contributed by atoms with van der Waals surface area (Å²) in [6.45, 7) is 0. The Hall–Kier alpha value is -7.60. The third-order valence-corrected chi connectivity index (χ3v) is 11.0. The minimum absolute atomic E-state index is 0.128. The number of phenolic OH excluding ortho intramolecular Hbond substituents is 12. The zero-order valence-electron chi connectivity index (χ0n) is 29.1. The minimum Gasteiger partial charge on any atom is -0.508 e. The van der Waals surface area contributed by atoms with E-state index in [1.165, 1.54) is 60.7 Å². The molecule has 0 unspecified atom stereocenters. The number of hydrogen-bond acceptors (Lipinski definition) is 12. The van der Waals surface area contributed by atoms with Crippen molar-refractivity contribution in [2.24, 2.45) is 0 Å². The lowest BCUT2D eigenvalue weighted by atomic mass is 9.91. The molecule has 12 aliphatic carbocycles. The first kappa shape index (κ1) is 34.2. The molecular formula is C44H32O12. The van der Waals surface area contributed by atoms with Crippen LogP contribution in [0.2, 0.25) is 0 Å². The van der Waals surface area contributed by atoms with Gasteiger partial charge in [-0.25, -0.2) is 0 Å². The molecule has 0 aliphatic heterocycles. The Morgan fingerprint density at radius 1 is 0.196 bits per heavy atom. The molecule has 16 bridgehead atoms. The van der Waals surface area contributed by atoms with Crippen LogP contribution in [-0.4, -0.2) is 61.3 Å². The molecule has 280 valence electrons. The van der Waals surface area contributed by atoms with Crippen LogP contribution in [0.4, 0.5) is 0 Å². The summed E-state index contributed by atoms with van der Waals surface area (Å²) in [5.74, 6) is -3.60. The maximum atomic E-state index is 11.5. The number of aromatic hydroxyl groups is 12. The summed E-state index contributed by atoms with van der Waals surface area (Å²) in [7, 11) is 0. The number of phenols is 12. The van der Waals surface area contributed by atoms with E-state index < -0.39 is 0 Å². The Kier molecular flexibility index (Phi) is 7.30. The molecule has 0 fully saturated rings. The van der Waals surface area contributed by atoms with Gasteiger partial charge in [0.2, 0.25) is 0 Å². The second-order valence-corrected chi connectivity index (χ2v) is 14.4. The molecule has 0 atom stereocenters. The summed E-state index contributed by atoms with van der Waals surface area (Å²) in [6.07, 6.45) is -0.585. The topological polar surface area (TPSA) is 243 Å². The highest BCUT2D eigenvalue weighted by molar-refractivity contribution is 6.09. The van der Waals surface area contributed by atoms with Crippen LogP contribution in [-0.2, 0) is 25.7 Å². The van der Waals surface area contributed by atoms with Crippen molar-refractivity contribution in [2.75, 3.05) is 0 Å². The Balaban J connectivity index is 1.31. The summed E-state index contributed by atoms with van der Waals surface area (Å²) >= 11 is 0. The lowest BCUT2D eigenvalue weighted by Gasteiger charge is -2.17. The van der Waals surface area contributed by atoms with Gasteiger partial charge in [-0.05, 0) is 82.9 Å². The van der Waals surface area contributed by atoms with Crippen LogP contribution in [0.25, 0.3) is 43.1 Å². The minimum atomic E-state index is -0.328. The first-order chi connectivity index (χ1) is 26.7. The van der Waals surface area contributed by atoms with Gasteiger partial charge in [0, 0.05) is 103 Å². The molecule has 12 heteroatoms. The second kappa shape index (κ2) is 12.0. The monoisotopic (exact) mass is 752 g/mol. The maximum Gasteiger partial charge on any atom is 0.127 e. The summed E-state index contributed by atoms with van der Waals surface area (Å²) < 4.78 is 0. The third-order valence-electron chi connectivity index (χ3n) is 11.0. The quantitative estimate of drug-likeness (QED) is 0.0534. The molecule has 12 nitrogen and oxygen atoms in total. The Bertz CT molecular complexity index is 2650. The Labute approximate surface area is 315 Å². The summed E-state index contributed by atoms with van der Waals surface area (Å²) in [5.41, 5.74) is 1.60. The number of hydrogen-bond donors (Lipinski definition) is 12. The Morgan fingerprint density at radius 2 is 0.411 bits per heavy atom. The smallest absolute Gasteiger partial charge is 0.127 e. The van der Waals surface area contributed by atoms with Crippen LogP contribution in [0, 0.1) is 0 Å². The van der Waals surface area contributed by atoms with Crippen LogP contribution in [0.15, 0.2) is 72.8 Å². The normalized spacial score (nSPS) is 12.9. The molecule has 0 amide bonds. The van der Waals surface area contributed by atoms with Crippen molar-refractivity contribution >= 4 is 43.1 Å². The molecule has 0 saturated carbocycles. The lowest BCUT2D eigenvalue weighted by Crippen LogP contribution is -1.98. The molecule has 8 aromatic carbocycles. The predicted octanol–water partition coefficient (Wildman–Crippen LogP) is 7.44. The van der Waals surface area contributed by atoms with Gasteiger partial charge >= 0.3 is 0 Å². The largest absolute Gasteiger partial charge is 0.508 e. The van der Waals surface area contributed by atoms with E-state index >= 15 is 0 Å². The van der Waals surface area contributed by atoms with Gasteiger partial charge in [0.15, 0.2) is 0 Å². The van der Waals surface area contributed by atoms with Crippen LogP contribution in [0.1, 0.15) is 44.5 Å². The van der Waals surface area contributed by atoms with Crippen molar-refractivity contribution in [3.05, 3.63) is 117 Å². The van der Waals surface area contributed by atoms with Crippen molar-refractivity contribution in [1.82, 2.24) is 0 Å². The van der Waals surface area contributed by atoms with Crippen LogP contribution in [0.5, 0.6) is 69.0 Å². The van der Waals surface area contributed by atoms with Gasteiger partial charge in [0.05, 0.1) is 0 Å². The van der Waals surface area contributed by atoms with Crippen molar-refractivity contribution in [1.29, 1.82) is 0 Å². The van der Waals surface area contributed by atoms with E-state index in [1.807, 2.05) is 0 Å². The predicted molar refractivity (Wildman–Crippen MR) is 207 cm³/mol. The van der Waals surface area contributed by atoms with Crippen LogP contribution >= 0.6 is 0 Å². The van der Waals surface area contributed by atoms with Crippen molar-refractivity contribution in [3.63, 3.8) is 0 Å². The molecule has 0 aromatic heterocycles. The maximum absolute atomic E-state index is 11.5. The standard InChI is InChI=1S/C44H32O12/c45-33-15-34(46)18-1-17(33)3-21-7-37(49)25-13-31-27(11-29(25)41(21)53)39(51)9-23(43(31)55)5-19-2-20(36(48)16-35(19)47)6-24-10-40(52)28-12-30-26(14-32(28)44(24)56)38(50)8-22(4-18)42(30)54/h1-2,7-16,45-56H,3-6H2. The van der Waals surface area contributed by atoms with E-state index in [0.29, 0.717) is 0 Å². The molecule has 8 aromatic rings. The number of rotatable bonds is 0. The lowest BCUT2D eigenvalue weighted by molar-refractivity contribution is 0.440. The molecule has 0 radical (unpaired) electrons. The van der Waals surface area contributed by atoms with Gasteiger partial charge in [-0.1, -0.05) is 0 Å². The van der Waals surface area contributed by atoms with Crippen LogP contribution < -0.4 is 0 Å². The molecule has 0 spiro atoms. The molecule has 0 heterocycles. The van der Waals surface area contributed by atoms with E-state index in [4.69, 9.17) is 0 Å². The highest BCUT2D eigenvalue weighted by atomic mass is 16.3. The van der Waals surface area contributed by atoms with Crippen molar-refractivity contribution < 1.29 is 61.3 Å². The summed E-state index contributed by atoms with van der Waals surface area (Å²) in [5, 5.41) is 135. The van der Waals surface area contributed by atoms with Gasteiger partial charge in [-0.3, -0.25) is 0 Å². The molecule has 12 N–H and O–H groups in total. The van der Waals surface area contributed by atoms with E-state index in [0.717, 1.165) is 12.1 Å². The van der Waals surface area contributed by atoms with E-state index in [2.05, 4.69) is 0 Å². The molecule has 20 rings (SSSR count). The average molecular weight is 753 g/mol. The van der Waals surface area contributed by atoms with Gasteiger partial charge in [0.1, 0.15) is 69.0 Å². The first-order valence-corrected chi connectivity index (χ1v) is 17.4. The SMILES string of the molecule is Oc1cc(O)c2cc1Cc1cc(O)c3cc4c(O)c(cc(O)c4cc3c1O)Cc1cc(c(O)cc1O)Cc1cc(O)c3cc4c(O)c(cc(O)c4cc3c1O)C2. The van der Waals surface area contributed by atoms with E-state index in [1.54, 1.807) is 0 Å². The fourth-order valence-corrected chi connectivity index (χ4v) is 8.04. The zero-order chi connectivity index (χ0) is 39.5.